The minimum absolute atomic E-state index is 0.134. The van der Waals surface area contributed by atoms with E-state index in [0.29, 0.717) is 6.54 Å². The van der Waals surface area contributed by atoms with Crippen LogP contribution in [0.25, 0.3) is 0 Å². The predicted molar refractivity (Wildman–Crippen MR) is 63.9 cm³/mol. The van der Waals surface area contributed by atoms with E-state index >= 15 is 0 Å². The number of ether oxygens (including phenoxy) is 1. The fourth-order valence-electron chi connectivity index (χ4n) is 1.05. The lowest BCUT2D eigenvalue weighted by Gasteiger charge is -2.14. The van der Waals surface area contributed by atoms with Crippen molar-refractivity contribution in [2.75, 3.05) is 20.2 Å². The van der Waals surface area contributed by atoms with Gasteiger partial charge in [-0.1, -0.05) is 11.6 Å². The second kappa shape index (κ2) is 8.58. The molecule has 98 valence electrons. The Kier molecular flexibility index (Phi) is 7.79. The number of carboxylic acids is 1. The Labute approximate surface area is 101 Å². The van der Waals surface area contributed by atoms with Gasteiger partial charge in [-0.3, -0.25) is 4.79 Å². The fourth-order valence-corrected chi connectivity index (χ4v) is 1.05. The second-order valence-corrected chi connectivity index (χ2v) is 3.83. The SMILES string of the molecule is COC(CNC(=O)NCC=C(C)C)CC(=O)O. The number of hydrogen-bond acceptors (Lipinski definition) is 3. The third-order valence-corrected chi connectivity index (χ3v) is 2.00. The topological polar surface area (TPSA) is 87.7 Å². The molecule has 17 heavy (non-hydrogen) atoms. The van der Waals surface area contributed by atoms with Crippen molar-refractivity contribution < 1.29 is 19.4 Å². The first-order chi connectivity index (χ1) is 7.95. The van der Waals surface area contributed by atoms with E-state index in [-0.39, 0.29) is 19.0 Å². The molecule has 0 aliphatic heterocycles. The molecule has 0 rings (SSSR count). The zero-order valence-corrected chi connectivity index (χ0v) is 10.4. The van der Waals surface area contributed by atoms with Gasteiger partial charge in [0.1, 0.15) is 0 Å². The third kappa shape index (κ3) is 9.37. The van der Waals surface area contributed by atoms with Crippen molar-refractivity contribution >= 4 is 12.0 Å². The standard InChI is InChI=1S/C11H20N2O4/c1-8(2)4-5-12-11(16)13-7-9(17-3)6-10(14)15/h4,9H,5-7H2,1-3H3,(H,14,15)(H2,12,13,16). The number of amides is 2. The van der Waals surface area contributed by atoms with Crippen molar-refractivity contribution in [3.63, 3.8) is 0 Å². The zero-order chi connectivity index (χ0) is 13.3. The van der Waals surface area contributed by atoms with Crippen molar-refractivity contribution in [2.45, 2.75) is 26.4 Å². The number of rotatable bonds is 7. The Morgan fingerprint density at radius 1 is 1.35 bits per heavy atom. The molecule has 0 aliphatic rings. The summed E-state index contributed by atoms with van der Waals surface area (Å²) in [7, 11) is 1.41. The molecule has 3 N–H and O–H groups in total. The highest BCUT2D eigenvalue weighted by Crippen LogP contribution is 1.95. The van der Waals surface area contributed by atoms with Crippen LogP contribution in [0.2, 0.25) is 0 Å². The summed E-state index contributed by atoms with van der Waals surface area (Å²) in [6, 6.07) is -0.338. The van der Waals surface area contributed by atoms with Crippen LogP contribution in [0.15, 0.2) is 11.6 Å². The van der Waals surface area contributed by atoms with Gasteiger partial charge in [-0.25, -0.2) is 4.79 Å². The van der Waals surface area contributed by atoms with E-state index in [9.17, 15) is 9.59 Å². The van der Waals surface area contributed by atoms with Crippen LogP contribution in [0.3, 0.4) is 0 Å². The first-order valence-corrected chi connectivity index (χ1v) is 5.35. The normalized spacial score (nSPS) is 11.5. The molecule has 2 amide bonds. The van der Waals surface area contributed by atoms with Crippen LogP contribution in [0.5, 0.6) is 0 Å². The Balaban J connectivity index is 3.81. The van der Waals surface area contributed by atoms with Crippen molar-refractivity contribution in [1.82, 2.24) is 10.6 Å². The number of urea groups is 1. The van der Waals surface area contributed by atoms with Gasteiger partial charge in [-0.05, 0) is 13.8 Å². The molecule has 6 nitrogen and oxygen atoms in total. The Morgan fingerprint density at radius 3 is 2.47 bits per heavy atom. The minimum atomic E-state index is -0.955. The first kappa shape index (κ1) is 15.4. The predicted octanol–water partition coefficient (Wildman–Crippen LogP) is 0.741. The maximum atomic E-state index is 11.3. The highest BCUT2D eigenvalue weighted by molar-refractivity contribution is 5.74. The molecule has 0 aliphatic carbocycles. The summed E-state index contributed by atoms with van der Waals surface area (Å²) < 4.78 is 4.92. The van der Waals surface area contributed by atoms with E-state index in [4.69, 9.17) is 9.84 Å². The second-order valence-electron chi connectivity index (χ2n) is 3.83. The summed E-state index contributed by atoms with van der Waals surface area (Å²) in [5, 5.41) is 13.7. The highest BCUT2D eigenvalue weighted by atomic mass is 16.5. The van der Waals surface area contributed by atoms with Crippen LogP contribution in [0, 0.1) is 0 Å². The number of allylic oxidation sites excluding steroid dienone is 1. The third-order valence-electron chi connectivity index (χ3n) is 2.00. The van der Waals surface area contributed by atoms with Crippen molar-refractivity contribution in [3.05, 3.63) is 11.6 Å². The molecule has 0 aromatic rings. The number of nitrogens with one attached hydrogen (secondary N) is 2. The molecule has 0 aromatic carbocycles. The quantitative estimate of drug-likeness (QED) is 0.576. The molecular weight excluding hydrogens is 224 g/mol. The number of carboxylic acid groups (broad SMARTS) is 1. The van der Waals surface area contributed by atoms with Gasteiger partial charge in [0.25, 0.3) is 0 Å². The smallest absolute Gasteiger partial charge is 0.315 e. The van der Waals surface area contributed by atoms with Gasteiger partial charge in [0.05, 0.1) is 12.5 Å². The number of carbonyl (C=O) groups excluding carboxylic acids is 1. The van der Waals surface area contributed by atoms with Crippen LogP contribution in [-0.4, -0.2) is 43.4 Å². The average molecular weight is 244 g/mol. The summed E-state index contributed by atoms with van der Waals surface area (Å²) in [6.07, 6.45) is 1.23. The molecule has 0 aromatic heterocycles. The molecular formula is C11H20N2O4. The van der Waals surface area contributed by atoms with Crippen molar-refractivity contribution in [2.24, 2.45) is 0 Å². The van der Waals surface area contributed by atoms with E-state index in [2.05, 4.69) is 10.6 Å². The van der Waals surface area contributed by atoms with Gasteiger partial charge in [-0.2, -0.15) is 0 Å². The van der Waals surface area contributed by atoms with Crippen LogP contribution in [-0.2, 0) is 9.53 Å². The zero-order valence-electron chi connectivity index (χ0n) is 10.4. The van der Waals surface area contributed by atoms with Crippen LogP contribution in [0.4, 0.5) is 4.79 Å². The Bertz CT molecular complexity index is 285. The van der Waals surface area contributed by atoms with Gasteiger partial charge in [0.15, 0.2) is 0 Å². The molecule has 0 heterocycles. The maximum absolute atomic E-state index is 11.3. The lowest BCUT2D eigenvalue weighted by Crippen LogP contribution is -2.40. The average Bonchev–Trinajstić information content (AvgIpc) is 2.23. The van der Waals surface area contributed by atoms with Crippen molar-refractivity contribution in [1.29, 1.82) is 0 Å². The Hall–Kier alpha value is -1.56. The van der Waals surface area contributed by atoms with Gasteiger partial charge < -0.3 is 20.5 Å². The molecule has 1 unspecified atom stereocenters. The van der Waals surface area contributed by atoms with E-state index in [0.717, 1.165) is 5.57 Å². The summed E-state index contributed by atoms with van der Waals surface area (Å²) >= 11 is 0. The van der Waals surface area contributed by atoms with E-state index < -0.39 is 12.1 Å². The van der Waals surface area contributed by atoms with E-state index in [1.165, 1.54) is 7.11 Å². The molecule has 6 heteroatoms. The van der Waals surface area contributed by atoms with Crippen LogP contribution in [0.1, 0.15) is 20.3 Å². The number of methoxy groups -OCH3 is 1. The molecule has 0 saturated carbocycles. The van der Waals surface area contributed by atoms with Gasteiger partial charge >= 0.3 is 12.0 Å². The lowest BCUT2D eigenvalue weighted by molar-refractivity contribution is -0.139. The monoisotopic (exact) mass is 244 g/mol. The fraction of sp³-hybridized carbons (Fsp3) is 0.636. The summed E-state index contributed by atoms with van der Waals surface area (Å²) in [5.41, 5.74) is 1.12. The molecule has 1 atom stereocenters. The lowest BCUT2D eigenvalue weighted by atomic mass is 10.2. The van der Waals surface area contributed by atoms with E-state index in [1.54, 1.807) is 0 Å². The van der Waals surface area contributed by atoms with Crippen LogP contribution >= 0.6 is 0 Å². The van der Waals surface area contributed by atoms with Gasteiger partial charge in [-0.15, -0.1) is 0 Å². The Morgan fingerprint density at radius 2 is 2.00 bits per heavy atom. The number of aliphatic carboxylic acids is 1. The molecule has 0 fully saturated rings. The van der Waals surface area contributed by atoms with Crippen molar-refractivity contribution in [3.8, 4) is 0 Å². The van der Waals surface area contributed by atoms with Gasteiger partial charge in [0, 0.05) is 20.2 Å². The summed E-state index contributed by atoms with van der Waals surface area (Å²) in [5.74, 6) is -0.955. The van der Waals surface area contributed by atoms with Gasteiger partial charge in [0.2, 0.25) is 0 Å². The largest absolute Gasteiger partial charge is 0.481 e. The molecule has 0 bridgehead atoms. The van der Waals surface area contributed by atoms with E-state index in [1.807, 2.05) is 19.9 Å². The number of hydrogen-bond donors (Lipinski definition) is 3. The maximum Gasteiger partial charge on any atom is 0.315 e. The summed E-state index contributed by atoms with van der Waals surface area (Å²) in [6.45, 7) is 4.50. The molecule has 0 saturated heterocycles. The number of carbonyl (C=O) groups is 2. The summed E-state index contributed by atoms with van der Waals surface area (Å²) in [4.78, 5) is 21.7. The molecule has 0 spiro atoms. The molecule has 0 radical (unpaired) electrons. The highest BCUT2D eigenvalue weighted by Gasteiger charge is 2.12. The van der Waals surface area contributed by atoms with Crippen LogP contribution < -0.4 is 10.6 Å². The minimum Gasteiger partial charge on any atom is -0.481 e. The first-order valence-electron chi connectivity index (χ1n) is 5.35.